The SMILES string of the molecule is CC(C)C[C@@H](NC(=O)c1ccccc1C(F)(F)F)C(N)=O. The Bertz CT molecular complexity index is 527. The van der Waals surface area contributed by atoms with Crippen LogP contribution in [0.3, 0.4) is 0 Å². The summed E-state index contributed by atoms with van der Waals surface area (Å²) in [6, 6.07) is 3.40. The number of primary amides is 1. The molecule has 0 aliphatic heterocycles. The van der Waals surface area contributed by atoms with Crippen molar-refractivity contribution in [2.75, 3.05) is 0 Å². The highest BCUT2D eigenvalue weighted by atomic mass is 19.4. The summed E-state index contributed by atoms with van der Waals surface area (Å²) < 4.78 is 38.5. The van der Waals surface area contributed by atoms with E-state index in [1.54, 1.807) is 0 Å². The van der Waals surface area contributed by atoms with Crippen molar-refractivity contribution in [2.45, 2.75) is 32.5 Å². The van der Waals surface area contributed by atoms with Crippen LogP contribution in [-0.2, 0) is 11.0 Å². The zero-order chi connectivity index (χ0) is 16.2. The molecular weight excluding hydrogens is 285 g/mol. The van der Waals surface area contributed by atoms with Crippen LogP contribution in [0.15, 0.2) is 24.3 Å². The van der Waals surface area contributed by atoms with Crippen molar-refractivity contribution in [3.63, 3.8) is 0 Å². The second-order valence-corrected chi connectivity index (χ2v) is 5.10. The molecule has 2 amide bonds. The highest BCUT2D eigenvalue weighted by Crippen LogP contribution is 2.31. The van der Waals surface area contributed by atoms with E-state index in [0.717, 1.165) is 12.1 Å². The summed E-state index contributed by atoms with van der Waals surface area (Å²) in [5, 5.41) is 2.26. The number of nitrogens with two attached hydrogens (primary N) is 1. The molecule has 0 aliphatic carbocycles. The van der Waals surface area contributed by atoms with E-state index in [1.165, 1.54) is 12.1 Å². The fraction of sp³-hybridized carbons (Fsp3) is 0.429. The molecule has 0 spiro atoms. The third-order valence-electron chi connectivity index (χ3n) is 2.83. The number of alkyl halides is 3. The molecule has 1 atom stereocenters. The lowest BCUT2D eigenvalue weighted by Crippen LogP contribution is -2.45. The van der Waals surface area contributed by atoms with Gasteiger partial charge >= 0.3 is 6.18 Å². The summed E-state index contributed by atoms with van der Waals surface area (Å²) in [6.45, 7) is 3.62. The number of hydrogen-bond acceptors (Lipinski definition) is 2. The van der Waals surface area contributed by atoms with Crippen molar-refractivity contribution >= 4 is 11.8 Å². The molecular formula is C14H17F3N2O2. The predicted molar refractivity (Wildman–Crippen MR) is 71.3 cm³/mol. The first kappa shape index (κ1) is 17.0. The minimum absolute atomic E-state index is 0.0562. The van der Waals surface area contributed by atoms with Crippen LogP contribution in [0, 0.1) is 5.92 Å². The monoisotopic (exact) mass is 302 g/mol. The maximum atomic E-state index is 12.8. The Morgan fingerprint density at radius 3 is 2.29 bits per heavy atom. The molecule has 0 saturated carbocycles. The topological polar surface area (TPSA) is 72.2 Å². The number of carbonyl (C=O) groups is 2. The molecule has 0 saturated heterocycles. The maximum absolute atomic E-state index is 12.8. The van der Waals surface area contributed by atoms with Gasteiger partial charge in [0.1, 0.15) is 6.04 Å². The van der Waals surface area contributed by atoms with Gasteiger partial charge < -0.3 is 11.1 Å². The van der Waals surface area contributed by atoms with Gasteiger partial charge in [0.05, 0.1) is 11.1 Å². The van der Waals surface area contributed by atoms with E-state index in [1.807, 2.05) is 13.8 Å². The first-order chi connectivity index (χ1) is 9.62. The number of hydrogen-bond donors (Lipinski definition) is 2. The van der Waals surface area contributed by atoms with Gasteiger partial charge in [-0.05, 0) is 24.5 Å². The second-order valence-electron chi connectivity index (χ2n) is 5.10. The normalized spacial score (nSPS) is 13.0. The Balaban J connectivity index is 3.01. The molecule has 0 bridgehead atoms. The Hall–Kier alpha value is -2.05. The summed E-state index contributed by atoms with van der Waals surface area (Å²) in [5.74, 6) is -1.69. The van der Waals surface area contributed by atoms with Crippen molar-refractivity contribution in [1.29, 1.82) is 0 Å². The number of carbonyl (C=O) groups excluding carboxylic acids is 2. The molecule has 0 heterocycles. The lowest BCUT2D eigenvalue weighted by Gasteiger charge is -2.19. The Morgan fingerprint density at radius 2 is 1.81 bits per heavy atom. The molecule has 4 nitrogen and oxygen atoms in total. The van der Waals surface area contributed by atoms with Crippen LogP contribution in [0.2, 0.25) is 0 Å². The van der Waals surface area contributed by atoms with E-state index in [2.05, 4.69) is 5.32 Å². The first-order valence-corrected chi connectivity index (χ1v) is 6.39. The van der Waals surface area contributed by atoms with Crippen molar-refractivity contribution in [3.05, 3.63) is 35.4 Å². The molecule has 0 unspecified atom stereocenters. The summed E-state index contributed by atoms with van der Waals surface area (Å²) in [7, 11) is 0. The lowest BCUT2D eigenvalue weighted by molar-refractivity contribution is -0.137. The Labute approximate surface area is 120 Å². The number of amides is 2. The molecule has 0 radical (unpaired) electrons. The van der Waals surface area contributed by atoms with Crippen LogP contribution >= 0.6 is 0 Å². The lowest BCUT2D eigenvalue weighted by atomic mass is 10.0. The van der Waals surface area contributed by atoms with E-state index in [0.29, 0.717) is 0 Å². The number of halogens is 3. The first-order valence-electron chi connectivity index (χ1n) is 6.39. The van der Waals surface area contributed by atoms with Gasteiger partial charge in [0, 0.05) is 0 Å². The minimum Gasteiger partial charge on any atom is -0.368 e. The third kappa shape index (κ3) is 4.77. The van der Waals surface area contributed by atoms with Crippen molar-refractivity contribution in [2.24, 2.45) is 11.7 Å². The van der Waals surface area contributed by atoms with Gasteiger partial charge in [-0.15, -0.1) is 0 Å². The fourth-order valence-corrected chi connectivity index (χ4v) is 1.88. The van der Waals surface area contributed by atoms with Gasteiger partial charge in [0.2, 0.25) is 5.91 Å². The molecule has 0 aromatic heterocycles. The van der Waals surface area contributed by atoms with Gasteiger partial charge in [0.15, 0.2) is 0 Å². The largest absolute Gasteiger partial charge is 0.417 e. The van der Waals surface area contributed by atoms with Crippen molar-refractivity contribution in [3.8, 4) is 0 Å². The quantitative estimate of drug-likeness (QED) is 0.876. The predicted octanol–water partition coefficient (Wildman–Crippen LogP) is 2.34. The molecule has 116 valence electrons. The highest BCUT2D eigenvalue weighted by Gasteiger charge is 2.35. The molecule has 1 aromatic rings. The van der Waals surface area contributed by atoms with Crippen LogP contribution in [-0.4, -0.2) is 17.9 Å². The van der Waals surface area contributed by atoms with E-state index < -0.39 is 35.2 Å². The van der Waals surface area contributed by atoms with Crippen molar-refractivity contribution < 1.29 is 22.8 Å². The molecule has 0 aliphatic rings. The number of rotatable bonds is 5. The van der Waals surface area contributed by atoms with Crippen LogP contribution in [0.4, 0.5) is 13.2 Å². The van der Waals surface area contributed by atoms with Crippen LogP contribution < -0.4 is 11.1 Å². The fourth-order valence-electron chi connectivity index (χ4n) is 1.88. The second kappa shape index (κ2) is 6.60. The van der Waals surface area contributed by atoms with Crippen molar-refractivity contribution in [1.82, 2.24) is 5.32 Å². The Morgan fingerprint density at radius 1 is 1.24 bits per heavy atom. The van der Waals surface area contributed by atoms with Gasteiger partial charge in [-0.2, -0.15) is 13.2 Å². The average molecular weight is 302 g/mol. The van der Waals surface area contributed by atoms with E-state index in [9.17, 15) is 22.8 Å². The molecule has 1 rings (SSSR count). The standard InChI is InChI=1S/C14H17F3N2O2/c1-8(2)7-11(12(18)20)19-13(21)9-5-3-4-6-10(9)14(15,16)17/h3-6,8,11H,7H2,1-2H3,(H2,18,20)(H,19,21)/t11-/m1/s1. The van der Waals surface area contributed by atoms with Gasteiger partial charge in [-0.25, -0.2) is 0 Å². The summed E-state index contributed by atoms with van der Waals surface area (Å²) in [6.07, 6.45) is -4.39. The van der Waals surface area contributed by atoms with Crippen LogP contribution in [0.25, 0.3) is 0 Å². The summed E-state index contributed by atoms with van der Waals surface area (Å²) in [4.78, 5) is 23.3. The van der Waals surface area contributed by atoms with Crippen LogP contribution in [0.5, 0.6) is 0 Å². The molecule has 0 fully saturated rings. The summed E-state index contributed by atoms with van der Waals surface area (Å²) in [5.41, 5.74) is 3.59. The molecule has 21 heavy (non-hydrogen) atoms. The minimum atomic E-state index is -4.64. The molecule has 7 heteroatoms. The molecule has 3 N–H and O–H groups in total. The van der Waals surface area contributed by atoms with E-state index in [4.69, 9.17) is 5.73 Å². The van der Waals surface area contributed by atoms with E-state index >= 15 is 0 Å². The van der Waals surface area contributed by atoms with E-state index in [-0.39, 0.29) is 12.3 Å². The molecule has 1 aromatic carbocycles. The maximum Gasteiger partial charge on any atom is 0.417 e. The number of benzene rings is 1. The zero-order valence-electron chi connectivity index (χ0n) is 11.7. The third-order valence-corrected chi connectivity index (χ3v) is 2.83. The highest BCUT2D eigenvalue weighted by molar-refractivity contribution is 5.98. The Kier molecular flexibility index (Phi) is 5.34. The van der Waals surface area contributed by atoms with Gasteiger partial charge in [-0.3, -0.25) is 9.59 Å². The zero-order valence-corrected chi connectivity index (χ0v) is 11.7. The average Bonchev–Trinajstić information content (AvgIpc) is 2.36. The number of nitrogens with one attached hydrogen (secondary N) is 1. The van der Waals surface area contributed by atoms with Gasteiger partial charge in [-0.1, -0.05) is 26.0 Å². The van der Waals surface area contributed by atoms with Gasteiger partial charge in [0.25, 0.3) is 5.91 Å². The summed E-state index contributed by atoms with van der Waals surface area (Å²) >= 11 is 0. The van der Waals surface area contributed by atoms with Crippen LogP contribution in [0.1, 0.15) is 36.2 Å². The smallest absolute Gasteiger partial charge is 0.368 e.